The average Bonchev–Trinajstić information content (AvgIpc) is 2.43. The summed E-state index contributed by atoms with van der Waals surface area (Å²) in [6.07, 6.45) is 1.44. The zero-order chi connectivity index (χ0) is 15.6. The lowest BCUT2D eigenvalue weighted by Crippen LogP contribution is -2.16. The minimum atomic E-state index is -0.410. The van der Waals surface area contributed by atoms with Crippen LogP contribution < -0.4 is 5.32 Å². The number of hydrogen-bond acceptors (Lipinski definition) is 3. The molecule has 0 spiro atoms. The molecule has 0 aliphatic carbocycles. The summed E-state index contributed by atoms with van der Waals surface area (Å²) in [7, 11) is 0. The molecule has 1 aromatic carbocycles. The van der Waals surface area contributed by atoms with Gasteiger partial charge in [-0.15, -0.1) is 0 Å². The van der Waals surface area contributed by atoms with Crippen LogP contribution in [0.25, 0.3) is 0 Å². The Hall–Kier alpha value is -1.17. The van der Waals surface area contributed by atoms with Gasteiger partial charge in [0.25, 0.3) is 5.91 Å². The molecule has 0 aliphatic heterocycles. The Kier molecular flexibility index (Phi) is 5.19. The molecule has 1 heterocycles. The first-order chi connectivity index (χ1) is 9.88. The fourth-order valence-corrected chi connectivity index (χ4v) is 2.29. The lowest BCUT2D eigenvalue weighted by Gasteiger charge is -2.10. The summed E-state index contributed by atoms with van der Waals surface area (Å²) >= 11 is 15.3. The summed E-state index contributed by atoms with van der Waals surface area (Å²) in [6.45, 7) is 3.89. The largest absolute Gasteiger partial charge is 0.320 e. The molecule has 2 rings (SSSR count). The van der Waals surface area contributed by atoms with Crippen molar-refractivity contribution in [2.24, 2.45) is 0 Å². The second-order valence-electron chi connectivity index (χ2n) is 4.66. The fourth-order valence-electron chi connectivity index (χ4n) is 1.59. The van der Waals surface area contributed by atoms with Crippen molar-refractivity contribution >= 4 is 50.7 Å². The summed E-state index contributed by atoms with van der Waals surface area (Å²) in [6, 6.07) is 5.11. The third kappa shape index (κ3) is 3.93. The molecule has 1 N–H and O–H groups in total. The lowest BCUT2D eigenvalue weighted by atomic mass is 10.2. The number of nitrogens with one attached hydrogen (secondary N) is 1. The number of carbonyl (C=O) groups is 1. The molecule has 21 heavy (non-hydrogen) atoms. The summed E-state index contributed by atoms with van der Waals surface area (Å²) in [5.74, 6) is 0.258. The number of halogens is 3. The van der Waals surface area contributed by atoms with E-state index in [1.807, 2.05) is 13.8 Å². The molecular formula is C14H12BrCl2N3O. The number of aromatic nitrogens is 2. The quantitative estimate of drug-likeness (QED) is 0.811. The van der Waals surface area contributed by atoms with E-state index in [1.165, 1.54) is 6.20 Å². The molecule has 0 unspecified atom stereocenters. The Balaban J connectivity index is 2.32. The Bertz CT molecular complexity index is 692. The monoisotopic (exact) mass is 387 g/mol. The van der Waals surface area contributed by atoms with E-state index in [9.17, 15) is 4.79 Å². The van der Waals surface area contributed by atoms with Gasteiger partial charge in [-0.2, -0.15) is 0 Å². The van der Waals surface area contributed by atoms with Crippen LogP contribution in [0, 0.1) is 0 Å². The predicted octanol–water partition coefficient (Wildman–Crippen LogP) is 4.92. The van der Waals surface area contributed by atoms with Crippen LogP contribution in [0.15, 0.2) is 28.9 Å². The van der Waals surface area contributed by atoms with Crippen LogP contribution in [0.5, 0.6) is 0 Å². The number of rotatable bonds is 3. The van der Waals surface area contributed by atoms with Gasteiger partial charge in [0.2, 0.25) is 0 Å². The van der Waals surface area contributed by atoms with Crippen molar-refractivity contribution in [3.05, 3.63) is 50.4 Å². The highest BCUT2D eigenvalue weighted by atomic mass is 79.9. The molecule has 0 radical (unpaired) electrons. The minimum Gasteiger partial charge on any atom is -0.320 e. The van der Waals surface area contributed by atoms with E-state index in [0.717, 1.165) is 4.47 Å². The van der Waals surface area contributed by atoms with Gasteiger partial charge in [-0.25, -0.2) is 9.97 Å². The zero-order valence-electron chi connectivity index (χ0n) is 11.3. The standard InChI is InChI=1S/C14H12BrCl2N3O/c1-7(2)13-18-6-10(17)12(20-13)14(21)19-11-5-8(16)3-4-9(11)15/h3-7H,1-2H3,(H,19,21). The average molecular weight is 389 g/mol. The van der Waals surface area contributed by atoms with Crippen LogP contribution >= 0.6 is 39.1 Å². The predicted molar refractivity (Wildman–Crippen MR) is 88.2 cm³/mol. The molecule has 0 atom stereocenters. The van der Waals surface area contributed by atoms with Crippen molar-refractivity contribution in [2.45, 2.75) is 19.8 Å². The first-order valence-electron chi connectivity index (χ1n) is 6.17. The third-order valence-corrected chi connectivity index (χ3v) is 3.87. The number of nitrogens with zero attached hydrogens (tertiary/aromatic N) is 2. The topological polar surface area (TPSA) is 54.9 Å². The maximum absolute atomic E-state index is 12.3. The molecule has 1 aromatic heterocycles. The van der Waals surface area contributed by atoms with E-state index < -0.39 is 5.91 Å². The molecule has 7 heteroatoms. The first kappa shape index (κ1) is 16.2. The number of amides is 1. The van der Waals surface area contributed by atoms with Gasteiger partial charge >= 0.3 is 0 Å². The molecular weight excluding hydrogens is 377 g/mol. The van der Waals surface area contributed by atoms with Crippen molar-refractivity contribution in [1.29, 1.82) is 0 Å². The van der Waals surface area contributed by atoms with Gasteiger partial charge in [0, 0.05) is 15.4 Å². The van der Waals surface area contributed by atoms with Crippen molar-refractivity contribution < 1.29 is 4.79 Å². The van der Waals surface area contributed by atoms with E-state index in [2.05, 4.69) is 31.2 Å². The first-order valence-corrected chi connectivity index (χ1v) is 7.72. The molecule has 0 saturated carbocycles. The molecule has 2 aromatic rings. The molecule has 1 amide bonds. The number of hydrogen-bond donors (Lipinski definition) is 1. The van der Waals surface area contributed by atoms with E-state index in [4.69, 9.17) is 23.2 Å². The zero-order valence-corrected chi connectivity index (χ0v) is 14.4. The maximum atomic E-state index is 12.3. The van der Waals surface area contributed by atoms with Gasteiger partial charge in [0.15, 0.2) is 5.69 Å². The minimum absolute atomic E-state index is 0.103. The Morgan fingerprint density at radius 2 is 2.05 bits per heavy atom. The molecule has 0 aliphatic rings. The smallest absolute Gasteiger partial charge is 0.275 e. The highest BCUT2D eigenvalue weighted by molar-refractivity contribution is 9.10. The normalized spacial score (nSPS) is 10.8. The fraction of sp³-hybridized carbons (Fsp3) is 0.214. The van der Waals surface area contributed by atoms with Crippen molar-refractivity contribution in [3.63, 3.8) is 0 Å². The second kappa shape index (κ2) is 6.73. The lowest BCUT2D eigenvalue weighted by molar-refractivity contribution is 0.102. The van der Waals surface area contributed by atoms with Gasteiger partial charge in [-0.3, -0.25) is 4.79 Å². The van der Waals surface area contributed by atoms with Crippen molar-refractivity contribution in [2.75, 3.05) is 5.32 Å². The molecule has 0 bridgehead atoms. The highest BCUT2D eigenvalue weighted by Gasteiger charge is 2.16. The maximum Gasteiger partial charge on any atom is 0.275 e. The highest BCUT2D eigenvalue weighted by Crippen LogP contribution is 2.27. The van der Waals surface area contributed by atoms with Crippen LogP contribution in [0.3, 0.4) is 0 Å². The van der Waals surface area contributed by atoms with Crippen LogP contribution in [0.2, 0.25) is 10.0 Å². The Morgan fingerprint density at radius 1 is 1.33 bits per heavy atom. The van der Waals surface area contributed by atoms with E-state index in [-0.39, 0.29) is 16.6 Å². The second-order valence-corrected chi connectivity index (χ2v) is 6.36. The van der Waals surface area contributed by atoms with E-state index >= 15 is 0 Å². The van der Waals surface area contributed by atoms with Crippen LogP contribution in [-0.2, 0) is 0 Å². The van der Waals surface area contributed by atoms with E-state index in [1.54, 1.807) is 18.2 Å². The van der Waals surface area contributed by atoms with Crippen molar-refractivity contribution in [3.8, 4) is 0 Å². The van der Waals surface area contributed by atoms with Gasteiger partial charge in [0.1, 0.15) is 5.82 Å². The van der Waals surface area contributed by atoms with Gasteiger partial charge in [0.05, 0.1) is 16.9 Å². The van der Waals surface area contributed by atoms with Gasteiger partial charge in [-0.1, -0.05) is 37.0 Å². The molecule has 110 valence electrons. The molecule has 4 nitrogen and oxygen atoms in total. The summed E-state index contributed by atoms with van der Waals surface area (Å²) in [5.41, 5.74) is 0.690. The number of benzene rings is 1. The summed E-state index contributed by atoms with van der Waals surface area (Å²) < 4.78 is 0.717. The molecule has 0 saturated heterocycles. The number of carbonyl (C=O) groups excluding carboxylic acids is 1. The third-order valence-electron chi connectivity index (χ3n) is 2.67. The SMILES string of the molecule is CC(C)c1ncc(Cl)c(C(=O)Nc2cc(Cl)ccc2Br)n1. The Morgan fingerprint density at radius 3 is 2.71 bits per heavy atom. The summed E-state index contributed by atoms with van der Waals surface area (Å²) in [5, 5.41) is 3.45. The number of anilines is 1. The van der Waals surface area contributed by atoms with Crippen molar-refractivity contribution in [1.82, 2.24) is 9.97 Å². The molecule has 0 fully saturated rings. The van der Waals surface area contributed by atoms with Crippen LogP contribution in [0.1, 0.15) is 36.1 Å². The Labute approximate surface area is 141 Å². The van der Waals surface area contributed by atoms with Crippen LogP contribution in [0.4, 0.5) is 5.69 Å². The van der Waals surface area contributed by atoms with Gasteiger partial charge in [-0.05, 0) is 34.1 Å². The van der Waals surface area contributed by atoms with Crippen LogP contribution in [-0.4, -0.2) is 15.9 Å². The van der Waals surface area contributed by atoms with E-state index in [0.29, 0.717) is 16.5 Å². The van der Waals surface area contributed by atoms with Gasteiger partial charge < -0.3 is 5.32 Å². The summed E-state index contributed by atoms with van der Waals surface area (Å²) in [4.78, 5) is 20.6.